The fraction of sp³-hybridized carbons (Fsp3) is 0.188. The molecule has 0 fully saturated rings. The lowest BCUT2D eigenvalue weighted by Gasteiger charge is -2.28. The third-order valence-electron chi connectivity index (χ3n) is 3.44. The molecule has 0 N–H and O–H groups in total. The van der Waals surface area contributed by atoms with Crippen molar-refractivity contribution in [1.82, 2.24) is 0 Å². The molecule has 0 saturated heterocycles. The second kappa shape index (κ2) is 5.00. The molecular weight excluding hydrogens is 284 g/mol. The highest BCUT2D eigenvalue weighted by atomic mass is 32.2. The number of anilines is 1. The molecule has 0 amide bonds. The van der Waals surface area contributed by atoms with Crippen LogP contribution in [-0.2, 0) is 10.0 Å². The number of sulfonamides is 1. The predicted molar refractivity (Wildman–Crippen MR) is 84.9 cm³/mol. The molecule has 21 heavy (non-hydrogen) atoms. The fourth-order valence-electron chi connectivity index (χ4n) is 2.36. The Morgan fingerprint density at radius 1 is 1.00 bits per heavy atom. The lowest BCUT2D eigenvalue weighted by molar-refractivity contribution is 0.593. The number of rotatable bonds is 2. The van der Waals surface area contributed by atoms with Gasteiger partial charge in [0.2, 0.25) is 0 Å². The number of benzene rings is 2. The Hall–Kier alpha value is -2.14. The van der Waals surface area contributed by atoms with E-state index in [1.165, 1.54) is 4.31 Å². The number of nitrogens with zero attached hydrogens (tertiary/aromatic N) is 2. The van der Waals surface area contributed by atoms with Crippen LogP contribution in [0.4, 0.5) is 11.4 Å². The van der Waals surface area contributed by atoms with Crippen molar-refractivity contribution in [1.29, 1.82) is 0 Å². The monoisotopic (exact) mass is 300 g/mol. The van der Waals surface area contributed by atoms with E-state index in [0.29, 0.717) is 16.3 Å². The Morgan fingerprint density at radius 3 is 2.38 bits per heavy atom. The zero-order valence-corrected chi connectivity index (χ0v) is 12.8. The van der Waals surface area contributed by atoms with E-state index in [-0.39, 0.29) is 6.54 Å². The molecule has 0 spiro atoms. The van der Waals surface area contributed by atoms with Crippen molar-refractivity contribution in [2.75, 3.05) is 10.8 Å². The number of aliphatic imine (C=N–C) groups is 1. The number of hydrogen-bond acceptors (Lipinski definition) is 3. The standard InChI is InChI=1S/C16H16N2O2S/c1-12-7-9-14(10-8-12)21(19,20)18-11-13(2)17-15-5-3-4-6-16(15)18/h3-10H,11H2,1-2H3. The minimum atomic E-state index is -3.57. The van der Waals surface area contributed by atoms with Crippen molar-refractivity contribution in [2.45, 2.75) is 18.7 Å². The normalized spacial score (nSPS) is 14.6. The summed E-state index contributed by atoms with van der Waals surface area (Å²) in [7, 11) is -3.57. The fourth-order valence-corrected chi connectivity index (χ4v) is 3.86. The maximum absolute atomic E-state index is 12.9. The first-order chi connectivity index (χ1) is 9.98. The van der Waals surface area contributed by atoms with Crippen LogP contribution in [0.25, 0.3) is 0 Å². The van der Waals surface area contributed by atoms with Gasteiger partial charge in [-0.2, -0.15) is 0 Å². The van der Waals surface area contributed by atoms with E-state index >= 15 is 0 Å². The average molecular weight is 300 g/mol. The van der Waals surface area contributed by atoms with Gasteiger partial charge >= 0.3 is 0 Å². The van der Waals surface area contributed by atoms with Crippen molar-refractivity contribution in [3.63, 3.8) is 0 Å². The van der Waals surface area contributed by atoms with Gasteiger partial charge < -0.3 is 0 Å². The molecule has 0 atom stereocenters. The molecule has 2 aromatic carbocycles. The molecule has 1 heterocycles. The van der Waals surface area contributed by atoms with Crippen LogP contribution in [0.15, 0.2) is 58.4 Å². The Bertz CT molecular complexity index is 808. The summed E-state index contributed by atoms with van der Waals surface area (Å²) in [6, 6.07) is 14.2. The number of hydrogen-bond donors (Lipinski definition) is 0. The lowest BCUT2D eigenvalue weighted by atomic mass is 10.2. The highest BCUT2D eigenvalue weighted by molar-refractivity contribution is 7.92. The maximum Gasteiger partial charge on any atom is 0.264 e. The minimum absolute atomic E-state index is 0.285. The molecule has 108 valence electrons. The molecule has 0 aromatic heterocycles. The summed E-state index contributed by atoms with van der Waals surface area (Å²) in [6.07, 6.45) is 0. The second-order valence-corrected chi connectivity index (χ2v) is 7.02. The number of aryl methyl sites for hydroxylation is 1. The van der Waals surface area contributed by atoms with Gasteiger partial charge in [0.25, 0.3) is 10.0 Å². The molecule has 3 rings (SSSR count). The van der Waals surface area contributed by atoms with Crippen LogP contribution >= 0.6 is 0 Å². The zero-order valence-electron chi connectivity index (χ0n) is 11.9. The highest BCUT2D eigenvalue weighted by Gasteiger charge is 2.29. The third kappa shape index (κ3) is 2.45. The lowest BCUT2D eigenvalue weighted by Crippen LogP contribution is -2.36. The summed E-state index contributed by atoms with van der Waals surface area (Å²) in [5, 5.41) is 0. The van der Waals surface area contributed by atoms with Crippen LogP contribution in [0.1, 0.15) is 12.5 Å². The summed E-state index contributed by atoms with van der Waals surface area (Å²) < 4.78 is 27.2. The molecule has 1 aliphatic heterocycles. The van der Waals surface area contributed by atoms with Gasteiger partial charge in [-0.05, 0) is 38.1 Å². The van der Waals surface area contributed by atoms with Gasteiger partial charge in [0, 0.05) is 5.71 Å². The summed E-state index contributed by atoms with van der Waals surface area (Å²) >= 11 is 0. The van der Waals surface area contributed by atoms with E-state index in [2.05, 4.69) is 4.99 Å². The van der Waals surface area contributed by atoms with Crippen LogP contribution < -0.4 is 4.31 Å². The molecule has 0 radical (unpaired) electrons. The van der Waals surface area contributed by atoms with Crippen LogP contribution in [0.5, 0.6) is 0 Å². The van der Waals surface area contributed by atoms with E-state index in [4.69, 9.17) is 0 Å². The van der Waals surface area contributed by atoms with Gasteiger partial charge in [-0.1, -0.05) is 29.8 Å². The summed E-state index contributed by atoms with van der Waals surface area (Å²) in [6.45, 7) is 4.06. The summed E-state index contributed by atoms with van der Waals surface area (Å²) in [5.41, 5.74) is 3.13. The predicted octanol–water partition coefficient (Wildman–Crippen LogP) is 3.30. The average Bonchev–Trinajstić information content (AvgIpc) is 2.46. The Labute approximate surface area is 124 Å². The first kappa shape index (κ1) is 13.8. The van der Waals surface area contributed by atoms with Crippen molar-refractivity contribution in [3.8, 4) is 0 Å². The van der Waals surface area contributed by atoms with Gasteiger partial charge in [-0.25, -0.2) is 8.42 Å². The van der Waals surface area contributed by atoms with E-state index in [1.54, 1.807) is 18.2 Å². The minimum Gasteiger partial charge on any atom is -0.258 e. The second-order valence-electron chi connectivity index (χ2n) is 5.16. The van der Waals surface area contributed by atoms with Gasteiger partial charge in [-0.15, -0.1) is 0 Å². The molecule has 0 unspecified atom stereocenters. The van der Waals surface area contributed by atoms with E-state index < -0.39 is 10.0 Å². The molecule has 2 aromatic rings. The van der Waals surface area contributed by atoms with E-state index in [1.807, 2.05) is 44.2 Å². The zero-order chi connectivity index (χ0) is 15.0. The van der Waals surface area contributed by atoms with E-state index in [0.717, 1.165) is 11.3 Å². The number of para-hydroxylation sites is 2. The van der Waals surface area contributed by atoms with Crippen LogP contribution in [0.3, 0.4) is 0 Å². The van der Waals surface area contributed by atoms with Crippen molar-refractivity contribution in [2.24, 2.45) is 4.99 Å². The smallest absolute Gasteiger partial charge is 0.258 e. The first-order valence-electron chi connectivity index (χ1n) is 6.71. The van der Waals surface area contributed by atoms with Crippen LogP contribution in [0, 0.1) is 6.92 Å². The summed E-state index contributed by atoms with van der Waals surface area (Å²) in [5.74, 6) is 0. The number of fused-ring (bicyclic) bond motifs is 1. The van der Waals surface area contributed by atoms with Crippen molar-refractivity contribution in [3.05, 3.63) is 54.1 Å². The van der Waals surface area contributed by atoms with Crippen LogP contribution in [0.2, 0.25) is 0 Å². The van der Waals surface area contributed by atoms with Gasteiger partial charge in [-0.3, -0.25) is 9.30 Å². The Morgan fingerprint density at radius 2 is 1.67 bits per heavy atom. The molecule has 1 aliphatic rings. The molecular formula is C16H16N2O2S. The molecule has 0 bridgehead atoms. The first-order valence-corrected chi connectivity index (χ1v) is 8.15. The van der Waals surface area contributed by atoms with Crippen LogP contribution in [-0.4, -0.2) is 20.7 Å². The Kier molecular flexibility index (Phi) is 3.29. The topological polar surface area (TPSA) is 49.7 Å². The quantitative estimate of drug-likeness (QED) is 0.854. The summed E-state index contributed by atoms with van der Waals surface area (Å²) in [4.78, 5) is 4.73. The molecule has 0 aliphatic carbocycles. The Balaban J connectivity index is 2.12. The largest absolute Gasteiger partial charge is 0.264 e. The van der Waals surface area contributed by atoms with Gasteiger partial charge in [0.05, 0.1) is 22.8 Å². The highest BCUT2D eigenvalue weighted by Crippen LogP contribution is 2.35. The SMILES string of the molecule is CC1=Nc2ccccc2N(S(=O)(=O)c2ccc(C)cc2)C1. The van der Waals surface area contributed by atoms with Gasteiger partial charge in [0.15, 0.2) is 0 Å². The van der Waals surface area contributed by atoms with Gasteiger partial charge in [0.1, 0.15) is 0 Å². The third-order valence-corrected chi connectivity index (χ3v) is 5.22. The molecule has 5 heteroatoms. The van der Waals surface area contributed by atoms with Crippen molar-refractivity contribution < 1.29 is 8.42 Å². The van der Waals surface area contributed by atoms with E-state index in [9.17, 15) is 8.42 Å². The van der Waals surface area contributed by atoms with Crippen molar-refractivity contribution >= 4 is 27.1 Å². The maximum atomic E-state index is 12.9. The molecule has 0 saturated carbocycles. The molecule has 4 nitrogen and oxygen atoms in total.